The third kappa shape index (κ3) is 164. The van der Waals surface area contributed by atoms with Crippen LogP contribution >= 0.6 is 0 Å². The predicted octanol–water partition coefficient (Wildman–Crippen LogP) is -4.24. The Labute approximate surface area is 74.9 Å². The molecule has 0 aliphatic carbocycles. The summed E-state index contributed by atoms with van der Waals surface area (Å²) < 4.78 is 0. The molecule has 0 rings (SSSR count). The number of carboxylic acids is 1. The Hall–Kier alpha value is 1.05. The molecule has 0 heterocycles. The van der Waals surface area contributed by atoms with E-state index in [1.54, 1.807) is 0 Å². The second-order valence-electron chi connectivity index (χ2n) is 0.492. The van der Waals surface area contributed by atoms with Crippen LogP contribution < -0.4 is 17.5 Å². The van der Waals surface area contributed by atoms with Gasteiger partial charge in [-0.05, 0) is 6.92 Å². The Morgan fingerprint density at radius 2 is 1.57 bits per heavy atom. The molecule has 0 aliphatic heterocycles. The van der Waals surface area contributed by atoms with E-state index in [-0.39, 0.29) is 52.3 Å². The molecule has 2 nitrogen and oxygen atoms in total. The average Bonchev–Trinajstić information content (AvgIpc) is 0.811. The van der Waals surface area contributed by atoms with Crippen LogP contribution in [-0.4, -0.2) is 5.97 Å². The number of hydrogen-bond donors (Lipinski definition) is 0. The number of carboxylic acid groups (broad SMARTS) is 1. The van der Waals surface area contributed by atoms with Crippen LogP contribution in [0.1, 0.15) is 6.92 Å². The molecule has 0 fully saturated rings. The van der Waals surface area contributed by atoms with Crippen LogP contribution in [0.2, 0.25) is 0 Å². The van der Waals surface area contributed by atoms with Gasteiger partial charge in [-0.15, -0.1) is 0 Å². The number of halogens is 1. The summed E-state index contributed by atoms with van der Waals surface area (Å²) in [6.45, 7) is 0.972. The second-order valence-corrected chi connectivity index (χ2v) is 0.492. The van der Waals surface area contributed by atoms with Gasteiger partial charge in [0, 0.05) is 5.97 Å². The van der Waals surface area contributed by atoms with E-state index in [2.05, 4.69) is 0 Å². The molecule has 0 bridgehead atoms. The monoisotopic (exact) mass is 264 g/mol. The summed E-state index contributed by atoms with van der Waals surface area (Å²) in [7, 11) is 0. The number of carbonyl (C=O) groups is 1. The summed E-state index contributed by atoms with van der Waals surface area (Å²) >= 11 is 0. The van der Waals surface area contributed by atoms with Gasteiger partial charge < -0.3 is 22.3 Å². The third-order valence-electron chi connectivity index (χ3n) is 0. The van der Waals surface area contributed by atoms with Crippen molar-refractivity contribution in [1.29, 1.82) is 0 Å². The van der Waals surface area contributed by atoms with Crippen molar-refractivity contribution < 1.29 is 62.2 Å². The van der Waals surface area contributed by atoms with Crippen LogP contribution in [0.5, 0.6) is 0 Å². The van der Waals surface area contributed by atoms with Gasteiger partial charge in [0.05, 0.1) is 0 Å². The first kappa shape index (κ1) is 24.4. The van der Waals surface area contributed by atoms with E-state index < -0.39 is 5.97 Å². The van der Waals surface area contributed by atoms with Gasteiger partial charge in [0.15, 0.2) is 0 Å². The minimum Gasteiger partial charge on any atom is -1.00 e. The van der Waals surface area contributed by atoms with E-state index in [9.17, 15) is 0 Å². The van der Waals surface area contributed by atoms with Gasteiger partial charge in [-0.25, -0.2) is 0 Å². The molecule has 0 aromatic rings. The van der Waals surface area contributed by atoms with Crippen molar-refractivity contribution in [2.75, 3.05) is 0 Å². The number of hydrogen-bond acceptors (Lipinski definition) is 2. The van der Waals surface area contributed by atoms with Crippen LogP contribution in [0.25, 0.3) is 0 Å². The van der Waals surface area contributed by atoms with Crippen LogP contribution in [-0.2, 0) is 44.7 Å². The van der Waals surface area contributed by atoms with Gasteiger partial charge in [0.25, 0.3) is 0 Å². The van der Waals surface area contributed by atoms with Gasteiger partial charge in [-0.2, -0.15) is 0 Å². The molecule has 0 amide bonds. The molecule has 0 aliphatic rings. The Kier molecular flexibility index (Phi) is 54.8. The van der Waals surface area contributed by atoms with Gasteiger partial charge >= 0.3 is 39.9 Å². The minimum atomic E-state index is -1.08. The van der Waals surface area contributed by atoms with E-state index in [0.29, 0.717) is 0 Å². The Bertz CT molecular complexity index is 38.7. The molecule has 7 heavy (non-hydrogen) atoms. The maximum Gasteiger partial charge on any atom is 2.00 e. The van der Waals surface area contributed by atoms with Crippen molar-refractivity contribution in [3.05, 3.63) is 0 Å². The van der Waals surface area contributed by atoms with Crippen LogP contribution in [0.4, 0.5) is 0 Å². The summed E-state index contributed by atoms with van der Waals surface area (Å²) in [6, 6.07) is 0. The van der Waals surface area contributed by atoms with E-state index >= 15 is 0 Å². The van der Waals surface area contributed by atoms with E-state index in [0.717, 1.165) is 6.92 Å². The van der Waals surface area contributed by atoms with Crippen molar-refractivity contribution in [2.24, 2.45) is 0 Å². The van der Waals surface area contributed by atoms with Crippen molar-refractivity contribution >= 4 is 5.97 Å². The first-order chi connectivity index (χ1) is 1.73. The number of rotatable bonds is 0. The summed E-state index contributed by atoms with van der Waals surface area (Å²) in [5.41, 5.74) is 0. The smallest absolute Gasteiger partial charge is 1.00 e. The van der Waals surface area contributed by atoms with E-state index in [1.807, 2.05) is 0 Å². The van der Waals surface area contributed by atoms with Crippen LogP contribution in [0.15, 0.2) is 0 Å². The molecule has 0 atom stereocenters. The zero-order valence-electron chi connectivity index (χ0n) is 3.72. The fourth-order valence-corrected chi connectivity index (χ4v) is 0. The zero-order chi connectivity index (χ0) is 3.58. The number of aliphatic carboxylic acids is 1. The van der Waals surface area contributed by atoms with E-state index in [1.165, 1.54) is 0 Å². The van der Waals surface area contributed by atoms with Gasteiger partial charge in [0.2, 0.25) is 0 Å². The quantitative estimate of drug-likeness (QED) is 0.417. The minimum absolute atomic E-state index is 0. The largest absolute Gasteiger partial charge is 2.00 e. The maximum absolute atomic E-state index is 8.89. The van der Waals surface area contributed by atoms with Crippen molar-refractivity contribution in [3.63, 3.8) is 0 Å². The summed E-state index contributed by atoms with van der Waals surface area (Å²) in [5, 5.41) is 8.89. The molecule has 0 aromatic carbocycles. The molecule has 0 aromatic heterocycles. The molecule has 0 saturated heterocycles. The van der Waals surface area contributed by atoms with Crippen LogP contribution in [0.3, 0.4) is 0 Å². The fraction of sp³-hybridized carbons (Fsp3) is 0.500. The standard InChI is InChI=1S/C2H4O2.ClH.Pd.Zn/c1-2(3)4;;;/h1H3,(H,3,4);1H;;/q;;2*+2/p-2. The molecule has 5 heteroatoms. The maximum atomic E-state index is 8.89. The first-order valence-corrected chi connectivity index (χ1v) is 0.908. The summed E-state index contributed by atoms with van der Waals surface area (Å²) in [4.78, 5) is 8.89. The SMILES string of the molecule is CC(=O)[O-].[Cl-].[Pd+2].[Zn+2]. The molecular weight excluding hydrogens is 263 g/mol. The molecule has 0 saturated carbocycles. The molecule has 0 spiro atoms. The number of carbonyl (C=O) groups excluding carboxylic acids is 1. The Morgan fingerprint density at radius 3 is 1.57 bits per heavy atom. The Balaban J connectivity index is -0.0000000150. The van der Waals surface area contributed by atoms with Gasteiger partial charge in [-0.1, -0.05) is 0 Å². The second kappa shape index (κ2) is 15.7. The average molecular weight is 266 g/mol. The predicted molar refractivity (Wildman–Crippen MR) is 10.7 cm³/mol. The van der Waals surface area contributed by atoms with Crippen molar-refractivity contribution in [3.8, 4) is 0 Å². The Morgan fingerprint density at radius 1 is 1.57 bits per heavy atom. The van der Waals surface area contributed by atoms with Crippen molar-refractivity contribution in [2.45, 2.75) is 6.92 Å². The van der Waals surface area contributed by atoms with Crippen molar-refractivity contribution in [1.82, 2.24) is 0 Å². The molecule has 0 unspecified atom stereocenters. The van der Waals surface area contributed by atoms with Crippen LogP contribution in [0, 0.1) is 0 Å². The molecule has 0 radical (unpaired) electrons. The topological polar surface area (TPSA) is 40.1 Å². The fourth-order valence-electron chi connectivity index (χ4n) is 0. The summed E-state index contributed by atoms with van der Waals surface area (Å²) in [5.74, 6) is -1.08. The molecular formula is C2H3ClO2PdZn+2. The molecule has 40 valence electrons. The molecule has 0 N–H and O–H groups in total. The normalized spacial score (nSPS) is 3.57. The van der Waals surface area contributed by atoms with Gasteiger partial charge in [-0.3, -0.25) is 0 Å². The van der Waals surface area contributed by atoms with Gasteiger partial charge in [0.1, 0.15) is 0 Å². The first-order valence-electron chi connectivity index (χ1n) is 0.908. The zero-order valence-corrected chi connectivity index (χ0v) is 9.00. The third-order valence-corrected chi connectivity index (χ3v) is 0. The van der Waals surface area contributed by atoms with E-state index in [4.69, 9.17) is 9.90 Å². The summed E-state index contributed by atoms with van der Waals surface area (Å²) in [6.07, 6.45) is 0.